The second kappa shape index (κ2) is 7.82. The first kappa shape index (κ1) is 21.9. The Labute approximate surface area is 192 Å². The molecule has 174 valence electrons. The molecular weight excluding hydrogens is 449 g/mol. The maximum atomic E-state index is 13.5. The van der Waals surface area contributed by atoms with Gasteiger partial charge in [0.25, 0.3) is 5.91 Å². The summed E-state index contributed by atoms with van der Waals surface area (Å²) >= 11 is 0. The fraction of sp³-hybridized carbons (Fsp3) is 0.250. The van der Waals surface area contributed by atoms with Crippen molar-refractivity contribution in [2.45, 2.75) is 31.6 Å². The van der Waals surface area contributed by atoms with Crippen molar-refractivity contribution in [3.05, 3.63) is 65.4 Å². The number of alkyl halides is 3. The van der Waals surface area contributed by atoms with Gasteiger partial charge in [-0.25, -0.2) is 4.98 Å². The molecule has 5 rings (SSSR count). The van der Waals surface area contributed by atoms with Gasteiger partial charge in [-0.1, -0.05) is 24.3 Å². The van der Waals surface area contributed by atoms with Gasteiger partial charge in [-0.3, -0.25) is 19.7 Å². The molecule has 1 saturated heterocycles. The van der Waals surface area contributed by atoms with E-state index in [9.17, 15) is 27.6 Å². The van der Waals surface area contributed by atoms with Crippen LogP contribution in [0.2, 0.25) is 0 Å². The van der Waals surface area contributed by atoms with Crippen LogP contribution in [0, 0.1) is 0 Å². The zero-order chi connectivity index (χ0) is 24.2. The Morgan fingerprint density at radius 1 is 1.06 bits per heavy atom. The summed E-state index contributed by atoms with van der Waals surface area (Å²) in [5.41, 5.74) is 1.45. The van der Waals surface area contributed by atoms with Crippen LogP contribution in [0.4, 0.5) is 13.2 Å². The first-order chi connectivity index (χ1) is 16.1. The number of carbonyl (C=O) groups is 3. The van der Waals surface area contributed by atoms with Crippen LogP contribution in [-0.2, 0) is 29.4 Å². The van der Waals surface area contributed by atoms with Crippen LogP contribution in [0.1, 0.15) is 34.3 Å². The molecule has 2 aliphatic heterocycles. The third-order valence-electron chi connectivity index (χ3n) is 6.17. The summed E-state index contributed by atoms with van der Waals surface area (Å²) in [4.78, 5) is 42.5. The van der Waals surface area contributed by atoms with Crippen molar-refractivity contribution in [1.82, 2.24) is 19.8 Å². The van der Waals surface area contributed by atoms with Gasteiger partial charge in [0.15, 0.2) is 0 Å². The molecule has 0 bridgehead atoms. The molecule has 0 radical (unpaired) electrons. The van der Waals surface area contributed by atoms with Crippen molar-refractivity contribution in [2.75, 3.05) is 0 Å². The summed E-state index contributed by atoms with van der Waals surface area (Å²) in [7, 11) is 1.63. The first-order valence-electron chi connectivity index (χ1n) is 10.6. The maximum Gasteiger partial charge on any atom is 0.417 e. The summed E-state index contributed by atoms with van der Waals surface area (Å²) in [6.45, 7) is 0.199. The molecule has 2 aliphatic rings. The largest absolute Gasteiger partial charge is 0.417 e. The predicted octanol–water partition coefficient (Wildman–Crippen LogP) is 3.53. The quantitative estimate of drug-likeness (QED) is 0.596. The number of carbonyl (C=O) groups excluding carboxylic acids is 3. The molecule has 1 unspecified atom stereocenters. The minimum absolute atomic E-state index is 0.0240. The smallest absolute Gasteiger partial charge is 0.333 e. The van der Waals surface area contributed by atoms with E-state index in [2.05, 4.69) is 10.3 Å². The van der Waals surface area contributed by atoms with E-state index in [0.29, 0.717) is 22.4 Å². The fourth-order valence-electron chi connectivity index (χ4n) is 4.51. The van der Waals surface area contributed by atoms with Crippen molar-refractivity contribution in [3.63, 3.8) is 0 Å². The Morgan fingerprint density at radius 2 is 1.82 bits per heavy atom. The van der Waals surface area contributed by atoms with Crippen molar-refractivity contribution < 1.29 is 27.6 Å². The van der Waals surface area contributed by atoms with Gasteiger partial charge >= 0.3 is 6.18 Å². The molecule has 0 aliphatic carbocycles. The van der Waals surface area contributed by atoms with Crippen LogP contribution < -0.4 is 5.32 Å². The van der Waals surface area contributed by atoms with Crippen LogP contribution in [0.3, 0.4) is 0 Å². The number of amides is 3. The van der Waals surface area contributed by atoms with E-state index in [1.807, 2.05) is 0 Å². The van der Waals surface area contributed by atoms with E-state index in [1.54, 1.807) is 31.4 Å². The summed E-state index contributed by atoms with van der Waals surface area (Å²) in [6, 6.07) is 9.64. The number of rotatable bonds is 3. The van der Waals surface area contributed by atoms with Gasteiger partial charge in [0.2, 0.25) is 11.8 Å². The fourth-order valence-corrected chi connectivity index (χ4v) is 4.51. The third-order valence-corrected chi connectivity index (χ3v) is 6.17. The van der Waals surface area contributed by atoms with Gasteiger partial charge in [0, 0.05) is 42.9 Å². The van der Waals surface area contributed by atoms with E-state index in [4.69, 9.17) is 0 Å². The molecule has 0 spiro atoms. The molecular formula is C24H19F3N4O3. The second-order valence-corrected chi connectivity index (χ2v) is 8.38. The lowest BCUT2D eigenvalue weighted by molar-refractivity contribution is -0.138. The highest BCUT2D eigenvalue weighted by Crippen LogP contribution is 2.37. The van der Waals surface area contributed by atoms with Gasteiger partial charge < -0.3 is 9.47 Å². The van der Waals surface area contributed by atoms with Crippen molar-refractivity contribution in [2.24, 2.45) is 7.05 Å². The Balaban J connectivity index is 1.46. The number of aryl methyl sites for hydroxylation is 1. The van der Waals surface area contributed by atoms with Gasteiger partial charge in [0.1, 0.15) is 11.9 Å². The minimum Gasteiger partial charge on any atom is -0.333 e. The molecule has 34 heavy (non-hydrogen) atoms. The number of hydrogen-bond acceptors (Lipinski definition) is 4. The Kier molecular flexibility index (Phi) is 5.03. The lowest BCUT2D eigenvalue weighted by atomic mass is 10.0. The van der Waals surface area contributed by atoms with E-state index in [1.165, 1.54) is 27.7 Å². The highest BCUT2D eigenvalue weighted by Gasteiger charge is 2.39. The monoisotopic (exact) mass is 468 g/mol. The van der Waals surface area contributed by atoms with Gasteiger partial charge in [-0.15, -0.1) is 0 Å². The Morgan fingerprint density at radius 3 is 2.56 bits per heavy atom. The molecule has 1 aromatic heterocycles. The zero-order valence-corrected chi connectivity index (χ0v) is 18.0. The van der Waals surface area contributed by atoms with Crippen molar-refractivity contribution >= 4 is 17.7 Å². The number of nitrogens with zero attached hydrogens (tertiary/aromatic N) is 3. The number of aromatic nitrogens is 2. The number of nitrogens with one attached hydrogen (secondary N) is 1. The third kappa shape index (κ3) is 3.64. The Bertz CT molecular complexity index is 1350. The van der Waals surface area contributed by atoms with Crippen molar-refractivity contribution in [3.8, 4) is 22.6 Å². The topological polar surface area (TPSA) is 84.3 Å². The van der Waals surface area contributed by atoms with E-state index in [-0.39, 0.29) is 42.6 Å². The molecule has 1 fully saturated rings. The van der Waals surface area contributed by atoms with E-state index < -0.39 is 23.7 Å². The van der Waals surface area contributed by atoms with Gasteiger partial charge in [0.05, 0.1) is 11.3 Å². The number of piperidine rings is 1. The van der Waals surface area contributed by atoms with Crippen molar-refractivity contribution in [1.29, 1.82) is 0 Å². The SMILES string of the molecule is Cn1cc(-c2ccc3c(c2)CN(C2CCC(=O)NC2=O)C3=O)nc1-c1ccccc1C(F)(F)F. The highest BCUT2D eigenvalue weighted by atomic mass is 19.4. The number of imide groups is 1. The molecule has 2 aromatic carbocycles. The number of imidazole rings is 1. The predicted molar refractivity (Wildman–Crippen MR) is 115 cm³/mol. The van der Waals surface area contributed by atoms with Crippen LogP contribution in [0.5, 0.6) is 0 Å². The molecule has 3 amide bonds. The number of benzene rings is 2. The summed E-state index contributed by atoms with van der Waals surface area (Å²) in [6.07, 6.45) is -2.45. The number of fused-ring (bicyclic) bond motifs is 1. The standard InChI is InChI=1S/C24H19F3N4O3/c1-30-12-18(28-21(30)16-4-2-3-5-17(16)24(25,26)27)13-6-7-15-14(10-13)11-31(23(15)34)19-8-9-20(32)29-22(19)33/h2-7,10,12,19H,8-9,11H2,1H3,(H,29,32,33). The summed E-state index contributed by atoms with van der Waals surface area (Å²) in [5.74, 6) is -0.970. The number of halogens is 3. The maximum absolute atomic E-state index is 13.5. The lowest BCUT2D eigenvalue weighted by Gasteiger charge is -2.29. The van der Waals surface area contributed by atoms with Crippen LogP contribution in [-0.4, -0.2) is 38.2 Å². The van der Waals surface area contributed by atoms with Gasteiger partial charge in [-0.05, 0) is 30.2 Å². The summed E-state index contributed by atoms with van der Waals surface area (Å²) in [5, 5.41) is 2.27. The normalized spacial score (nSPS) is 18.3. The molecule has 3 heterocycles. The molecule has 1 atom stereocenters. The van der Waals surface area contributed by atoms with E-state index >= 15 is 0 Å². The second-order valence-electron chi connectivity index (χ2n) is 8.38. The molecule has 0 saturated carbocycles. The highest BCUT2D eigenvalue weighted by molar-refractivity contribution is 6.05. The number of hydrogen-bond donors (Lipinski definition) is 1. The zero-order valence-electron chi connectivity index (χ0n) is 18.0. The first-order valence-corrected chi connectivity index (χ1v) is 10.6. The molecule has 1 N–H and O–H groups in total. The average molecular weight is 468 g/mol. The Hall–Kier alpha value is -3.95. The average Bonchev–Trinajstić information content (AvgIpc) is 3.33. The summed E-state index contributed by atoms with van der Waals surface area (Å²) < 4.78 is 42.0. The van der Waals surface area contributed by atoms with Crippen LogP contribution >= 0.6 is 0 Å². The van der Waals surface area contributed by atoms with Crippen LogP contribution in [0.25, 0.3) is 22.6 Å². The molecule has 10 heteroatoms. The van der Waals surface area contributed by atoms with Crippen LogP contribution in [0.15, 0.2) is 48.7 Å². The lowest BCUT2D eigenvalue weighted by Crippen LogP contribution is -2.52. The minimum atomic E-state index is -4.52. The van der Waals surface area contributed by atoms with Gasteiger partial charge in [-0.2, -0.15) is 13.2 Å². The van der Waals surface area contributed by atoms with E-state index in [0.717, 1.165) is 6.07 Å². The molecule has 3 aromatic rings. The molecule has 7 nitrogen and oxygen atoms in total.